The third-order valence-electron chi connectivity index (χ3n) is 1.64. The van der Waals surface area contributed by atoms with Crippen LogP contribution < -0.4 is 4.74 Å². The number of ether oxygens (including phenoxy) is 3. The van der Waals surface area contributed by atoms with Crippen LogP contribution in [0, 0.1) is 0 Å². The molecule has 1 aromatic carbocycles. The highest BCUT2D eigenvalue weighted by Gasteiger charge is 2.02. The summed E-state index contributed by atoms with van der Waals surface area (Å²) in [6, 6.07) is 5.51. The maximum atomic E-state index is 5.91. The standard InChI is InChI=1S/C10H13ClO3/c1-12-6-8-3-4-9(11)10(5-8)14-7-13-2/h3-5H,6-7H2,1-2H3. The number of benzene rings is 1. The molecular formula is C10H13ClO3. The van der Waals surface area contributed by atoms with E-state index in [2.05, 4.69) is 0 Å². The third-order valence-corrected chi connectivity index (χ3v) is 1.95. The lowest BCUT2D eigenvalue weighted by Gasteiger charge is -2.08. The molecule has 0 aliphatic heterocycles. The fourth-order valence-corrected chi connectivity index (χ4v) is 1.21. The molecule has 1 aromatic rings. The summed E-state index contributed by atoms with van der Waals surface area (Å²) in [5.74, 6) is 0.614. The van der Waals surface area contributed by atoms with Crippen molar-refractivity contribution in [3.63, 3.8) is 0 Å². The summed E-state index contributed by atoms with van der Waals surface area (Å²) in [6.07, 6.45) is 0. The number of rotatable bonds is 5. The maximum Gasteiger partial charge on any atom is 0.188 e. The maximum absolute atomic E-state index is 5.91. The van der Waals surface area contributed by atoms with Crippen molar-refractivity contribution in [2.75, 3.05) is 21.0 Å². The van der Waals surface area contributed by atoms with Crippen molar-refractivity contribution in [1.29, 1.82) is 0 Å². The SMILES string of the molecule is COCOc1cc(COC)ccc1Cl. The van der Waals surface area contributed by atoms with Crippen LogP contribution in [0.15, 0.2) is 18.2 Å². The Labute approximate surface area is 88.5 Å². The first-order valence-electron chi connectivity index (χ1n) is 4.17. The number of hydrogen-bond donors (Lipinski definition) is 0. The van der Waals surface area contributed by atoms with E-state index in [0.717, 1.165) is 5.56 Å². The largest absolute Gasteiger partial charge is 0.466 e. The van der Waals surface area contributed by atoms with Crippen molar-refractivity contribution in [1.82, 2.24) is 0 Å². The van der Waals surface area contributed by atoms with Gasteiger partial charge in [-0.1, -0.05) is 17.7 Å². The molecule has 14 heavy (non-hydrogen) atoms. The van der Waals surface area contributed by atoms with Crippen molar-refractivity contribution in [2.24, 2.45) is 0 Å². The van der Waals surface area contributed by atoms with Crippen LogP contribution in [0.5, 0.6) is 5.75 Å². The van der Waals surface area contributed by atoms with Gasteiger partial charge in [0, 0.05) is 14.2 Å². The summed E-state index contributed by atoms with van der Waals surface area (Å²) >= 11 is 5.91. The minimum atomic E-state index is 0.191. The molecule has 0 fully saturated rings. The fraction of sp³-hybridized carbons (Fsp3) is 0.400. The first-order chi connectivity index (χ1) is 6.77. The zero-order chi connectivity index (χ0) is 10.4. The molecule has 0 saturated carbocycles. The molecular weight excluding hydrogens is 204 g/mol. The molecule has 0 amide bonds. The lowest BCUT2D eigenvalue weighted by atomic mass is 10.2. The van der Waals surface area contributed by atoms with E-state index < -0.39 is 0 Å². The van der Waals surface area contributed by atoms with Crippen LogP contribution in [0.3, 0.4) is 0 Å². The van der Waals surface area contributed by atoms with Gasteiger partial charge in [-0.3, -0.25) is 0 Å². The van der Waals surface area contributed by atoms with Crippen LogP contribution in [0.2, 0.25) is 5.02 Å². The highest BCUT2D eigenvalue weighted by atomic mass is 35.5. The average molecular weight is 217 g/mol. The van der Waals surface area contributed by atoms with Gasteiger partial charge in [-0.25, -0.2) is 0 Å². The molecule has 3 nitrogen and oxygen atoms in total. The zero-order valence-electron chi connectivity index (χ0n) is 8.25. The first-order valence-corrected chi connectivity index (χ1v) is 4.55. The fourth-order valence-electron chi connectivity index (χ4n) is 1.04. The van der Waals surface area contributed by atoms with Crippen LogP contribution in [-0.4, -0.2) is 21.0 Å². The molecule has 4 heteroatoms. The first kappa shape index (κ1) is 11.3. The Kier molecular flexibility index (Phi) is 4.73. The summed E-state index contributed by atoms with van der Waals surface area (Å²) in [4.78, 5) is 0. The number of halogens is 1. The molecule has 0 N–H and O–H groups in total. The van der Waals surface area contributed by atoms with Gasteiger partial charge in [0.2, 0.25) is 0 Å². The van der Waals surface area contributed by atoms with Gasteiger partial charge in [0.25, 0.3) is 0 Å². The monoisotopic (exact) mass is 216 g/mol. The van der Waals surface area contributed by atoms with Gasteiger partial charge in [-0.2, -0.15) is 0 Å². The van der Waals surface area contributed by atoms with Crippen molar-refractivity contribution >= 4 is 11.6 Å². The van der Waals surface area contributed by atoms with Gasteiger partial charge in [-0.15, -0.1) is 0 Å². The van der Waals surface area contributed by atoms with Crippen LogP contribution in [0.4, 0.5) is 0 Å². The Bertz CT molecular complexity index is 289. The number of methoxy groups -OCH3 is 2. The molecule has 0 aliphatic rings. The molecule has 0 heterocycles. The minimum absolute atomic E-state index is 0.191. The van der Waals surface area contributed by atoms with E-state index in [1.165, 1.54) is 0 Å². The van der Waals surface area contributed by atoms with Gasteiger partial charge in [0.15, 0.2) is 6.79 Å². The molecule has 0 radical (unpaired) electrons. The predicted octanol–water partition coefficient (Wildman–Crippen LogP) is 2.47. The smallest absolute Gasteiger partial charge is 0.188 e. The van der Waals surface area contributed by atoms with Crippen LogP contribution >= 0.6 is 11.6 Å². The lowest BCUT2D eigenvalue weighted by molar-refractivity contribution is 0.0510. The Morgan fingerprint density at radius 2 is 2.00 bits per heavy atom. The van der Waals surface area contributed by atoms with Crippen molar-refractivity contribution in [3.8, 4) is 5.75 Å². The second kappa shape index (κ2) is 5.86. The normalized spacial score (nSPS) is 10.2. The van der Waals surface area contributed by atoms with E-state index in [0.29, 0.717) is 17.4 Å². The van der Waals surface area contributed by atoms with Gasteiger partial charge in [0.1, 0.15) is 5.75 Å². The highest BCUT2D eigenvalue weighted by Crippen LogP contribution is 2.25. The number of hydrogen-bond acceptors (Lipinski definition) is 3. The topological polar surface area (TPSA) is 27.7 Å². The quantitative estimate of drug-likeness (QED) is 0.708. The van der Waals surface area contributed by atoms with Gasteiger partial charge in [-0.05, 0) is 17.7 Å². The summed E-state index contributed by atoms with van der Waals surface area (Å²) in [5.41, 5.74) is 1.02. The van der Waals surface area contributed by atoms with E-state index in [4.69, 9.17) is 25.8 Å². The van der Waals surface area contributed by atoms with E-state index >= 15 is 0 Å². The molecule has 0 atom stereocenters. The summed E-state index contributed by atoms with van der Waals surface area (Å²) < 4.78 is 15.0. The van der Waals surface area contributed by atoms with E-state index in [1.807, 2.05) is 12.1 Å². The summed E-state index contributed by atoms with van der Waals surface area (Å²) in [6.45, 7) is 0.733. The van der Waals surface area contributed by atoms with Gasteiger partial charge < -0.3 is 14.2 Å². The van der Waals surface area contributed by atoms with Crippen LogP contribution in [-0.2, 0) is 16.1 Å². The zero-order valence-corrected chi connectivity index (χ0v) is 9.00. The Balaban J connectivity index is 2.74. The molecule has 0 spiro atoms. The lowest BCUT2D eigenvalue weighted by Crippen LogP contribution is -2.00. The van der Waals surface area contributed by atoms with Crippen LogP contribution in [0.1, 0.15) is 5.56 Å². The van der Waals surface area contributed by atoms with Crippen molar-refractivity contribution in [3.05, 3.63) is 28.8 Å². The third kappa shape index (κ3) is 3.18. The summed E-state index contributed by atoms with van der Waals surface area (Å²) in [7, 11) is 3.21. The van der Waals surface area contributed by atoms with E-state index in [9.17, 15) is 0 Å². The summed E-state index contributed by atoms with van der Waals surface area (Å²) in [5, 5.41) is 0.571. The van der Waals surface area contributed by atoms with E-state index in [-0.39, 0.29) is 6.79 Å². The molecule has 0 bridgehead atoms. The molecule has 0 aliphatic carbocycles. The molecule has 1 rings (SSSR count). The molecule has 78 valence electrons. The van der Waals surface area contributed by atoms with Crippen molar-refractivity contribution < 1.29 is 14.2 Å². The Morgan fingerprint density at radius 3 is 2.64 bits per heavy atom. The Morgan fingerprint density at radius 1 is 1.21 bits per heavy atom. The molecule has 0 unspecified atom stereocenters. The van der Waals surface area contributed by atoms with Crippen LogP contribution in [0.25, 0.3) is 0 Å². The average Bonchev–Trinajstić information content (AvgIpc) is 2.19. The van der Waals surface area contributed by atoms with E-state index in [1.54, 1.807) is 20.3 Å². The molecule has 0 aromatic heterocycles. The highest BCUT2D eigenvalue weighted by molar-refractivity contribution is 6.32. The predicted molar refractivity (Wildman–Crippen MR) is 54.7 cm³/mol. The molecule has 0 saturated heterocycles. The van der Waals surface area contributed by atoms with Gasteiger partial charge in [0.05, 0.1) is 11.6 Å². The Hall–Kier alpha value is -0.770. The van der Waals surface area contributed by atoms with Crippen molar-refractivity contribution in [2.45, 2.75) is 6.61 Å². The second-order valence-electron chi connectivity index (χ2n) is 2.75. The minimum Gasteiger partial charge on any atom is -0.466 e. The van der Waals surface area contributed by atoms with Gasteiger partial charge >= 0.3 is 0 Å². The second-order valence-corrected chi connectivity index (χ2v) is 3.16.